The molecule has 3 rings (SSSR count). The minimum atomic E-state index is -4.26. The van der Waals surface area contributed by atoms with Gasteiger partial charge in [0.15, 0.2) is 4.90 Å². The minimum Gasteiger partial charge on any atom is -0.340 e. The molecule has 1 amide bonds. The fourth-order valence-corrected chi connectivity index (χ4v) is 4.79. The largest absolute Gasteiger partial charge is 0.340 e. The highest BCUT2D eigenvalue weighted by molar-refractivity contribution is 7.89. The summed E-state index contributed by atoms with van der Waals surface area (Å²) >= 11 is 0. The smallest absolute Gasteiger partial charge is 0.249 e. The summed E-state index contributed by atoms with van der Waals surface area (Å²) in [7, 11) is -4.26. The number of benzene rings is 1. The Bertz CT molecular complexity index is 767. The maximum absolute atomic E-state index is 13.8. The molecule has 0 saturated carbocycles. The van der Waals surface area contributed by atoms with Crippen molar-refractivity contribution in [2.75, 3.05) is 26.2 Å². The van der Waals surface area contributed by atoms with Crippen LogP contribution in [-0.4, -0.2) is 49.7 Å². The van der Waals surface area contributed by atoms with E-state index >= 15 is 0 Å². The molecule has 1 heterocycles. The summed E-state index contributed by atoms with van der Waals surface area (Å²) in [5.74, 6) is -1.97. The molecule has 1 unspecified atom stereocenters. The van der Waals surface area contributed by atoms with Gasteiger partial charge in [0.05, 0.1) is 0 Å². The van der Waals surface area contributed by atoms with Crippen LogP contribution in [0.1, 0.15) is 19.3 Å². The van der Waals surface area contributed by atoms with E-state index in [-0.39, 0.29) is 38.0 Å². The van der Waals surface area contributed by atoms with Crippen molar-refractivity contribution in [3.8, 4) is 0 Å². The quantitative estimate of drug-likeness (QED) is 0.763. The Kier molecular flexibility index (Phi) is 5.19. The molecule has 1 aliphatic heterocycles. The van der Waals surface area contributed by atoms with Crippen molar-refractivity contribution in [2.45, 2.75) is 24.2 Å². The van der Waals surface area contributed by atoms with E-state index in [1.54, 1.807) is 4.90 Å². The highest BCUT2D eigenvalue weighted by Gasteiger charge is 2.34. The van der Waals surface area contributed by atoms with Crippen LogP contribution in [0.25, 0.3) is 0 Å². The third-order valence-corrected chi connectivity index (χ3v) is 6.61. The van der Waals surface area contributed by atoms with Crippen molar-refractivity contribution in [1.82, 2.24) is 9.21 Å². The zero-order valence-corrected chi connectivity index (χ0v) is 14.5. The molecule has 0 bridgehead atoms. The van der Waals surface area contributed by atoms with Gasteiger partial charge in [-0.05, 0) is 30.9 Å². The normalized spacial score (nSPS) is 21.7. The minimum absolute atomic E-state index is 0.00864. The van der Waals surface area contributed by atoms with Crippen LogP contribution in [0.3, 0.4) is 0 Å². The molecule has 1 atom stereocenters. The van der Waals surface area contributed by atoms with Gasteiger partial charge in [0.25, 0.3) is 0 Å². The Morgan fingerprint density at radius 2 is 1.76 bits per heavy atom. The molecule has 1 aliphatic carbocycles. The van der Waals surface area contributed by atoms with Gasteiger partial charge in [-0.1, -0.05) is 18.2 Å². The molecule has 136 valence electrons. The van der Waals surface area contributed by atoms with Gasteiger partial charge in [0, 0.05) is 32.6 Å². The predicted octanol–water partition coefficient (Wildman–Crippen LogP) is 2.15. The number of carbonyl (C=O) groups is 1. The number of nitrogens with zero attached hydrogens (tertiary/aromatic N) is 2. The number of hydrogen-bond donors (Lipinski definition) is 0. The second kappa shape index (κ2) is 7.21. The van der Waals surface area contributed by atoms with Gasteiger partial charge in [0.2, 0.25) is 15.9 Å². The number of sulfonamides is 1. The van der Waals surface area contributed by atoms with Crippen molar-refractivity contribution < 1.29 is 22.0 Å². The van der Waals surface area contributed by atoms with E-state index < -0.39 is 26.6 Å². The first-order valence-electron chi connectivity index (χ1n) is 8.28. The second-order valence-electron chi connectivity index (χ2n) is 6.31. The van der Waals surface area contributed by atoms with Gasteiger partial charge in [-0.25, -0.2) is 17.2 Å². The van der Waals surface area contributed by atoms with Crippen LogP contribution in [-0.2, 0) is 14.8 Å². The van der Waals surface area contributed by atoms with E-state index in [0.717, 1.165) is 35.3 Å². The summed E-state index contributed by atoms with van der Waals surface area (Å²) < 4.78 is 53.7. The maximum atomic E-state index is 13.8. The molecule has 1 fully saturated rings. The maximum Gasteiger partial charge on any atom is 0.249 e. The summed E-state index contributed by atoms with van der Waals surface area (Å²) in [6, 6.07) is 2.97. The van der Waals surface area contributed by atoms with Crippen molar-refractivity contribution >= 4 is 15.9 Å². The first-order valence-corrected chi connectivity index (χ1v) is 9.72. The summed E-state index contributed by atoms with van der Waals surface area (Å²) in [6.07, 6.45) is 6.47. The standard InChI is InChI=1S/C17H20F2N2O3S/c18-14-6-3-7-15(19)17(14)25(23,24)21-10-8-20(9-11-21)16(22)12-13-4-1-2-5-13/h1,3-4,6-7,13H,2,5,8-12H2. The van der Waals surface area contributed by atoms with Crippen LogP contribution in [0.4, 0.5) is 8.78 Å². The number of halogens is 2. The average Bonchev–Trinajstić information content (AvgIpc) is 3.07. The number of piperazine rings is 1. The highest BCUT2D eigenvalue weighted by Crippen LogP contribution is 2.25. The van der Waals surface area contributed by atoms with E-state index in [9.17, 15) is 22.0 Å². The van der Waals surface area contributed by atoms with Crippen molar-refractivity contribution in [1.29, 1.82) is 0 Å². The van der Waals surface area contributed by atoms with Gasteiger partial charge in [0.1, 0.15) is 11.6 Å². The van der Waals surface area contributed by atoms with Gasteiger partial charge in [-0.15, -0.1) is 0 Å². The lowest BCUT2D eigenvalue weighted by molar-refractivity contribution is -0.133. The van der Waals surface area contributed by atoms with Gasteiger partial charge >= 0.3 is 0 Å². The van der Waals surface area contributed by atoms with Crippen molar-refractivity contribution in [3.05, 3.63) is 42.0 Å². The van der Waals surface area contributed by atoms with Crippen molar-refractivity contribution in [3.63, 3.8) is 0 Å². The number of allylic oxidation sites excluding steroid dienone is 2. The van der Waals surface area contributed by atoms with Crippen molar-refractivity contribution in [2.24, 2.45) is 5.92 Å². The number of hydrogen-bond acceptors (Lipinski definition) is 3. The Labute approximate surface area is 146 Å². The third kappa shape index (κ3) is 3.74. The molecular weight excluding hydrogens is 350 g/mol. The second-order valence-corrected chi connectivity index (χ2v) is 8.18. The Balaban J connectivity index is 1.65. The lowest BCUT2D eigenvalue weighted by atomic mass is 10.0. The van der Waals surface area contributed by atoms with E-state index in [4.69, 9.17) is 0 Å². The average molecular weight is 370 g/mol. The summed E-state index contributed by atoms with van der Waals surface area (Å²) in [4.78, 5) is 13.0. The molecular formula is C17H20F2N2O3S. The third-order valence-electron chi connectivity index (χ3n) is 4.66. The summed E-state index contributed by atoms with van der Waals surface area (Å²) in [6.45, 7) is 0.514. The molecule has 2 aliphatic rings. The molecule has 1 aromatic rings. The molecule has 25 heavy (non-hydrogen) atoms. The molecule has 0 N–H and O–H groups in total. The SMILES string of the molecule is O=C(CC1C=CCC1)N1CCN(S(=O)(=O)c2c(F)cccc2F)CC1. The lowest BCUT2D eigenvalue weighted by Gasteiger charge is -2.34. The van der Waals surface area contributed by atoms with E-state index in [1.165, 1.54) is 0 Å². The van der Waals surface area contributed by atoms with E-state index in [1.807, 2.05) is 6.08 Å². The molecule has 0 radical (unpaired) electrons. The summed E-state index contributed by atoms with van der Waals surface area (Å²) in [5, 5.41) is 0. The fraction of sp³-hybridized carbons (Fsp3) is 0.471. The monoisotopic (exact) mass is 370 g/mol. The van der Waals surface area contributed by atoms with Crippen LogP contribution >= 0.6 is 0 Å². The van der Waals surface area contributed by atoms with Gasteiger partial charge < -0.3 is 4.90 Å². The number of amides is 1. The number of carbonyl (C=O) groups excluding carboxylic acids is 1. The fourth-order valence-electron chi connectivity index (χ4n) is 3.25. The molecule has 0 spiro atoms. The lowest BCUT2D eigenvalue weighted by Crippen LogP contribution is -2.50. The van der Waals surface area contributed by atoms with Crippen LogP contribution in [0.5, 0.6) is 0 Å². The van der Waals surface area contributed by atoms with Gasteiger partial charge in [-0.3, -0.25) is 4.79 Å². The Morgan fingerprint density at radius 1 is 1.12 bits per heavy atom. The number of rotatable bonds is 4. The zero-order chi connectivity index (χ0) is 18.0. The molecule has 0 aromatic heterocycles. The first kappa shape index (κ1) is 18.0. The van der Waals surface area contributed by atoms with Gasteiger partial charge in [-0.2, -0.15) is 4.31 Å². The molecule has 1 saturated heterocycles. The van der Waals surface area contributed by atoms with Crippen LogP contribution in [0.2, 0.25) is 0 Å². The predicted molar refractivity (Wildman–Crippen MR) is 88.2 cm³/mol. The van der Waals surface area contributed by atoms with Crippen LogP contribution in [0, 0.1) is 17.6 Å². The van der Waals surface area contributed by atoms with E-state index in [0.29, 0.717) is 6.42 Å². The molecule has 5 nitrogen and oxygen atoms in total. The Hall–Kier alpha value is -1.80. The summed E-state index contributed by atoms with van der Waals surface area (Å²) in [5.41, 5.74) is 0. The van der Waals surface area contributed by atoms with Crippen LogP contribution in [0.15, 0.2) is 35.2 Å². The zero-order valence-electron chi connectivity index (χ0n) is 13.7. The highest BCUT2D eigenvalue weighted by atomic mass is 32.2. The Morgan fingerprint density at radius 3 is 2.32 bits per heavy atom. The first-order chi connectivity index (χ1) is 11.9. The topological polar surface area (TPSA) is 57.7 Å². The molecule has 1 aromatic carbocycles. The molecule has 8 heteroatoms. The van der Waals surface area contributed by atoms with E-state index in [2.05, 4.69) is 6.08 Å². The van der Waals surface area contributed by atoms with Crippen LogP contribution < -0.4 is 0 Å².